The van der Waals surface area contributed by atoms with Gasteiger partial charge in [0.15, 0.2) is 5.67 Å². The van der Waals surface area contributed by atoms with Gasteiger partial charge in [-0.2, -0.15) is 0 Å². The lowest BCUT2D eigenvalue weighted by Gasteiger charge is -2.37. The third-order valence-electron chi connectivity index (χ3n) is 5.48. The summed E-state index contributed by atoms with van der Waals surface area (Å²) in [5.41, 5.74) is 1.32. The predicted octanol–water partition coefficient (Wildman–Crippen LogP) is 8.59. The molecule has 4 rings (SSSR count). The molecule has 0 saturated heterocycles. The van der Waals surface area contributed by atoms with Gasteiger partial charge in [-0.15, -0.1) is 0 Å². The third-order valence-corrected chi connectivity index (χ3v) is 6.46. The highest BCUT2D eigenvalue weighted by Gasteiger charge is 2.48. The van der Waals surface area contributed by atoms with Gasteiger partial charge >= 0.3 is 0 Å². The fourth-order valence-corrected chi connectivity index (χ4v) is 4.57. The fraction of sp³-hybridized carbons (Fsp3) is 0.185. The molecule has 0 radical (unpaired) electrons. The number of rotatable bonds is 4. The quantitative estimate of drug-likeness (QED) is 0.253. The molecule has 5 heteroatoms. The number of hydrogen-bond acceptors (Lipinski definition) is 2. The first-order valence-electron chi connectivity index (χ1n) is 10.3. The Bertz CT molecular complexity index is 1180. The second kappa shape index (κ2) is 8.87. The van der Waals surface area contributed by atoms with Crippen LogP contribution in [-0.4, -0.2) is 9.97 Å². The molecule has 2 aromatic heterocycles. The number of halogens is 3. The number of nitrogens with zero attached hydrogens (tertiary/aromatic N) is 2. The number of benzene rings is 2. The zero-order valence-electron chi connectivity index (χ0n) is 18.1. The maximum absolute atomic E-state index is 17.2. The normalized spacial score (nSPS) is 12.1. The molecule has 32 heavy (non-hydrogen) atoms. The summed E-state index contributed by atoms with van der Waals surface area (Å²) < 4.78 is 19.1. The van der Waals surface area contributed by atoms with Crippen molar-refractivity contribution >= 4 is 31.9 Å². The highest BCUT2D eigenvalue weighted by molar-refractivity contribution is 9.10. The van der Waals surface area contributed by atoms with Crippen LogP contribution >= 0.6 is 31.9 Å². The lowest BCUT2D eigenvalue weighted by atomic mass is 9.73. The minimum absolute atomic E-state index is 0.348. The Kier molecular flexibility index (Phi) is 6.33. The molecule has 0 saturated carbocycles. The topological polar surface area (TPSA) is 25.8 Å². The van der Waals surface area contributed by atoms with Gasteiger partial charge in [0, 0.05) is 25.5 Å². The van der Waals surface area contributed by atoms with Crippen LogP contribution in [0.25, 0.3) is 22.5 Å². The summed E-state index contributed by atoms with van der Waals surface area (Å²) in [6.45, 7) is 5.65. The van der Waals surface area contributed by atoms with Crippen LogP contribution in [0.4, 0.5) is 4.39 Å². The molecule has 162 valence electrons. The highest BCUT2D eigenvalue weighted by Crippen LogP contribution is 2.47. The van der Waals surface area contributed by atoms with E-state index in [0.717, 1.165) is 31.5 Å². The SMILES string of the molecule is CC(C)(C)C(F)(c1cccc(-c2cccc(Br)c2)n1)c1cccc(-c2cccc(Br)c2)n1. The van der Waals surface area contributed by atoms with E-state index in [2.05, 4.69) is 31.9 Å². The number of hydrogen-bond donors (Lipinski definition) is 0. The van der Waals surface area contributed by atoms with E-state index < -0.39 is 11.1 Å². The molecule has 0 spiro atoms. The van der Waals surface area contributed by atoms with E-state index in [1.54, 1.807) is 12.1 Å². The Hall–Kier alpha value is -2.37. The van der Waals surface area contributed by atoms with Crippen LogP contribution in [0.3, 0.4) is 0 Å². The number of alkyl halides is 1. The van der Waals surface area contributed by atoms with Gasteiger partial charge < -0.3 is 0 Å². The van der Waals surface area contributed by atoms with E-state index in [-0.39, 0.29) is 0 Å². The summed E-state index contributed by atoms with van der Waals surface area (Å²) in [6.07, 6.45) is 0. The second-order valence-corrected chi connectivity index (χ2v) is 10.6. The van der Waals surface area contributed by atoms with Gasteiger partial charge in [-0.1, -0.05) is 89.0 Å². The van der Waals surface area contributed by atoms with E-state index in [1.807, 2.05) is 93.6 Å². The molecule has 0 fully saturated rings. The Morgan fingerprint density at radius 2 is 1.03 bits per heavy atom. The molecule has 2 nitrogen and oxygen atoms in total. The van der Waals surface area contributed by atoms with E-state index in [9.17, 15) is 0 Å². The smallest absolute Gasteiger partial charge is 0.199 e. The summed E-state index contributed by atoms with van der Waals surface area (Å²) >= 11 is 7.01. The molecular weight excluding hydrogens is 531 g/mol. The Labute approximate surface area is 205 Å². The van der Waals surface area contributed by atoms with Gasteiger partial charge in [0.25, 0.3) is 0 Å². The van der Waals surface area contributed by atoms with Crippen LogP contribution in [0.5, 0.6) is 0 Å². The van der Waals surface area contributed by atoms with E-state index in [4.69, 9.17) is 9.97 Å². The van der Waals surface area contributed by atoms with Crippen LogP contribution in [0, 0.1) is 5.41 Å². The van der Waals surface area contributed by atoms with Crippen molar-refractivity contribution in [2.45, 2.75) is 26.4 Å². The summed E-state index contributed by atoms with van der Waals surface area (Å²) in [7, 11) is 0. The van der Waals surface area contributed by atoms with Crippen molar-refractivity contribution in [3.63, 3.8) is 0 Å². The maximum atomic E-state index is 17.2. The Morgan fingerprint density at radius 3 is 1.41 bits per heavy atom. The van der Waals surface area contributed by atoms with Gasteiger partial charge in [-0.25, -0.2) is 14.4 Å². The van der Waals surface area contributed by atoms with Gasteiger partial charge in [-0.05, 0) is 48.5 Å². The lowest BCUT2D eigenvalue weighted by Crippen LogP contribution is -2.38. The van der Waals surface area contributed by atoms with Gasteiger partial charge in [-0.3, -0.25) is 0 Å². The molecule has 0 amide bonds. The summed E-state index contributed by atoms with van der Waals surface area (Å²) in [5, 5.41) is 0. The number of pyridine rings is 2. The monoisotopic (exact) mass is 552 g/mol. The largest absolute Gasteiger partial charge is 0.249 e. The second-order valence-electron chi connectivity index (χ2n) is 8.75. The minimum Gasteiger partial charge on any atom is -0.249 e. The van der Waals surface area contributed by atoms with E-state index in [1.165, 1.54) is 0 Å². The molecule has 0 aliphatic heterocycles. The van der Waals surface area contributed by atoms with Gasteiger partial charge in [0.2, 0.25) is 0 Å². The standard InChI is InChI=1S/C27H23Br2FN2/c1-26(2,3)27(30,24-14-6-12-22(31-24)18-8-4-10-20(28)16-18)25-15-7-13-23(32-25)19-9-5-11-21(29)17-19/h4-17H,1-3H3. The Balaban J connectivity index is 1.86. The maximum Gasteiger partial charge on any atom is 0.199 e. The molecule has 0 aliphatic rings. The molecule has 0 N–H and O–H groups in total. The zero-order valence-corrected chi connectivity index (χ0v) is 21.3. The fourth-order valence-electron chi connectivity index (χ4n) is 3.77. The van der Waals surface area contributed by atoms with Crippen molar-refractivity contribution in [1.82, 2.24) is 9.97 Å². The third kappa shape index (κ3) is 4.41. The van der Waals surface area contributed by atoms with Crippen LogP contribution in [0.1, 0.15) is 32.2 Å². The average molecular weight is 554 g/mol. The van der Waals surface area contributed by atoms with Crippen molar-refractivity contribution in [3.05, 3.63) is 105 Å². The van der Waals surface area contributed by atoms with Gasteiger partial charge in [0.1, 0.15) is 0 Å². The van der Waals surface area contributed by atoms with Crippen LogP contribution in [0.2, 0.25) is 0 Å². The molecule has 2 aromatic carbocycles. The zero-order chi connectivity index (χ0) is 22.9. The van der Waals surface area contributed by atoms with Crippen molar-refractivity contribution < 1.29 is 4.39 Å². The summed E-state index contributed by atoms with van der Waals surface area (Å²) in [4.78, 5) is 9.54. The van der Waals surface area contributed by atoms with Crippen LogP contribution in [-0.2, 0) is 5.67 Å². The van der Waals surface area contributed by atoms with E-state index in [0.29, 0.717) is 11.4 Å². The summed E-state index contributed by atoms with van der Waals surface area (Å²) in [6, 6.07) is 26.7. The molecule has 0 aliphatic carbocycles. The van der Waals surface area contributed by atoms with Crippen molar-refractivity contribution in [3.8, 4) is 22.5 Å². The molecule has 4 aromatic rings. The first kappa shape index (κ1) is 22.8. The first-order chi connectivity index (χ1) is 15.2. The molecule has 2 heterocycles. The van der Waals surface area contributed by atoms with Crippen LogP contribution in [0.15, 0.2) is 93.9 Å². The highest BCUT2D eigenvalue weighted by atomic mass is 79.9. The first-order valence-corrected chi connectivity index (χ1v) is 11.9. The number of aromatic nitrogens is 2. The minimum atomic E-state index is -1.89. The molecule has 0 atom stereocenters. The van der Waals surface area contributed by atoms with Crippen molar-refractivity contribution in [2.75, 3.05) is 0 Å². The van der Waals surface area contributed by atoms with Crippen molar-refractivity contribution in [1.29, 1.82) is 0 Å². The predicted molar refractivity (Wildman–Crippen MR) is 136 cm³/mol. The Morgan fingerprint density at radius 1 is 0.625 bits per heavy atom. The van der Waals surface area contributed by atoms with Crippen LogP contribution < -0.4 is 0 Å². The lowest BCUT2D eigenvalue weighted by molar-refractivity contribution is 0.0598. The van der Waals surface area contributed by atoms with Gasteiger partial charge in [0.05, 0.1) is 22.8 Å². The molecule has 0 bridgehead atoms. The van der Waals surface area contributed by atoms with Crippen molar-refractivity contribution in [2.24, 2.45) is 5.41 Å². The molecular formula is C27H23Br2FN2. The van der Waals surface area contributed by atoms with E-state index >= 15 is 4.39 Å². The summed E-state index contributed by atoms with van der Waals surface area (Å²) in [5.74, 6) is 0. The average Bonchev–Trinajstić information content (AvgIpc) is 2.78. The molecule has 0 unspecified atom stereocenters.